The van der Waals surface area contributed by atoms with Crippen molar-refractivity contribution in [3.8, 4) is 0 Å². The van der Waals surface area contributed by atoms with Gasteiger partial charge in [0, 0.05) is 36.5 Å². The van der Waals surface area contributed by atoms with Gasteiger partial charge in [-0.2, -0.15) is 0 Å². The van der Waals surface area contributed by atoms with Gasteiger partial charge in [0.05, 0.1) is 19.3 Å². The molecule has 1 fully saturated rings. The average Bonchev–Trinajstić information content (AvgIpc) is 0.806. The Morgan fingerprint density at radius 2 is 1.10 bits per heavy atom. The molecule has 1 aromatic rings. The van der Waals surface area contributed by atoms with Crippen molar-refractivity contribution in [2.45, 2.75) is 371 Å². The maximum absolute atomic E-state index is 15.8. The lowest BCUT2D eigenvalue weighted by Gasteiger charge is -2.41. The van der Waals surface area contributed by atoms with E-state index in [1.54, 1.807) is 38.1 Å². The third-order valence-corrected chi connectivity index (χ3v) is 18.8. The highest BCUT2D eigenvalue weighted by Gasteiger charge is 2.48. The molecule has 0 bridgehead atoms. The molecular weight excluding hydrogens is 1270 g/mol. The van der Waals surface area contributed by atoms with Crippen molar-refractivity contribution in [1.82, 2.24) is 20.9 Å². The lowest BCUT2D eigenvalue weighted by molar-refractivity contribution is -0.304. The number of aliphatic hydroxyl groups excluding tert-OH is 5. The third kappa shape index (κ3) is 42.0. The van der Waals surface area contributed by atoms with E-state index in [0.29, 0.717) is 54.7 Å². The number of imide groups is 1. The highest BCUT2D eigenvalue weighted by atomic mass is 16.7. The van der Waals surface area contributed by atoms with Crippen LogP contribution < -0.4 is 27.4 Å². The Balaban J connectivity index is 2.48. The number of anilines is 1. The molecule has 24 nitrogen and oxygen atoms in total. The standard InChI is InChI=1S/C75H135N9O15/c1-5-7-9-11-13-15-17-19-20-21-22-23-24-25-26-27-28-29-31-33-35-37-41-47-65(87)98-62(45-39-36-34-32-30-18-16-14-12-10-8-6-2)67(88)61(56-96-73-70(91)69(90)68(89)63(54-85)99-73)84(75(95)97-55-58-48-50-59(76)51-49-58)72(93)60(44-43-52-79-74(77)94)81-71(92)66(57(3)4)82-64(86)46-40-38-42-53-80-83-78/h48-51,57,60-63,66-70,73,85,88-91H,5-47,52-56,76H2,1-4H3,(H,81,92)(H,82,86)(H3,77,79,94)/t60-,61-,62+,63+,66-,67-,68-,69-,70+,73-/m0/s1. The van der Waals surface area contributed by atoms with Crippen molar-refractivity contribution in [2.24, 2.45) is 16.8 Å². The highest BCUT2D eigenvalue weighted by molar-refractivity contribution is 5.98. The lowest BCUT2D eigenvalue weighted by Crippen LogP contribution is -2.63. The van der Waals surface area contributed by atoms with E-state index in [9.17, 15) is 44.7 Å². The minimum Gasteiger partial charge on any atom is -0.460 e. The number of nitrogens with two attached hydrogens (primary N) is 2. The van der Waals surface area contributed by atoms with Crippen LogP contribution in [-0.2, 0) is 44.7 Å². The fraction of sp³-hybridized carbons (Fsp3) is 0.840. The van der Waals surface area contributed by atoms with Crippen molar-refractivity contribution < 1.29 is 73.2 Å². The maximum atomic E-state index is 15.8. The molecule has 0 unspecified atom stereocenters. The minimum atomic E-state index is -1.98. The Morgan fingerprint density at radius 1 is 0.626 bits per heavy atom. The molecule has 6 amide bonds. The summed E-state index contributed by atoms with van der Waals surface area (Å²) in [5.41, 5.74) is 20.9. The van der Waals surface area contributed by atoms with Crippen molar-refractivity contribution in [3.05, 3.63) is 40.3 Å². The first-order valence-corrected chi connectivity index (χ1v) is 38.7. The second kappa shape index (κ2) is 58.2. The van der Waals surface area contributed by atoms with Gasteiger partial charge < -0.3 is 71.9 Å². The van der Waals surface area contributed by atoms with Crippen LogP contribution in [0.5, 0.6) is 0 Å². The van der Waals surface area contributed by atoms with E-state index >= 15 is 9.59 Å². The molecule has 99 heavy (non-hydrogen) atoms. The number of hydrogen-bond donors (Lipinski definition) is 10. The lowest BCUT2D eigenvalue weighted by atomic mass is 9.96. The van der Waals surface area contributed by atoms with E-state index in [0.717, 1.165) is 64.2 Å². The van der Waals surface area contributed by atoms with E-state index in [2.05, 4.69) is 39.8 Å². The number of rotatable bonds is 62. The molecule has 0 aromatic heterocycles. The first-order chi connectivity index (χ1) is 47.9. The van der Waals surface area contributed by atoms with Gasteiger partial charge in [0.2, 0.25) is 11.8 Å². The zero-order valence-electron chi connectivity index (χ0n) is 61.4. The summed E-state index contributed by atoms with van der Waals surface area (Å²) in [6.07, 6.45) is 28.2. The number of unbranched alkanes of at least 4 members (excludes halogenated alkanes) is 35. The van der Waals surface area contributed by atoms with Crippen LogP contribution in [0.3, 0.4) is 0 Å². The number of esters is 1. The van der Waals surface area contributed by atoms with Gasteiger partial charge in [-0.3, -0.25) is 19.2 Å². The largest absolute Gasteiger partial charge is 0.460 e. The number of urea groups is 1. The van der Waals surface area contributed by atoms with Gasteiger partial charge >= 0.3 is 18.1 Å². The Labute approximate surface area is 593 Å². The van der Waals surface area contributed by atoms with E-state index in [1.807, 2.05) is 0 Å². The second-order valence-electron chi connectivity index (χ2n) is 27.9. The van der Waals surface area contributed by atoms with Gasteiger partial charge in [-0.05, 0) is 74.1 Å². The minimum absolute atomic E-state index is 0.0115. The molecule has 1 aliphatic rings. The van der Waals surface area contributed by atoms with Crippen molar-refractivity contribution in [3.63, 3.8) is 0 Å². The summed E-state index contributed by atoms with van der Waals surface area (Å²) in [6, 6.07) is 0.666. The number of nitrogens with zero attached hydrogens (tertiary/aromatic N) is 4. The molecule has 0 radical (unpaired) electrons. The molecule has 570 valence electrons. The number of aliphatic hydroxyl groups is 5. The molecule has 1 heterocycles. The molecular formula is C75H135N9O15. The second-order valence-corrected chi connectivity index (χ2v) is 27.9. The van der Waals surface area contributed by atoms with E-state index < -0.39 is 123 Å². The molecule has 2 rings (SSSR count). The predicted octanol–water partition coefficient (Wildman–Crippen LogP) is 13.6. The molecule has 0 aliphatic carbocycles. The van der Waals surface area contributed by atoms with Crippen molar-refractivity contribution >= 4 is 41.5 Å². The normalized spacial score (nSPS) is 17.6. The first kappa shape index (κ1) is 89.8. The van der Waals surface area contributed by atoms with Crippen LogP contribution in [0, 0.1) is 5.92 Å². The van der Waals surface area contributed by atoms with Gasteiger partial charge in [0.1, 0.15) is 55.3 Å². The zero-order valence-corrected chi connectivity index (χ0v) is 61.4. The number of nitrogens with one attached hydrogen (secondary N) is 3. The summed E-state index contributed by atoms with van der Waals surface area (Å²) >= 11 is 0. The summed E-state index contributed by atoms with van der Waals surface area (Å²) in [7, 11) is 0. The Morgan fingerprint density at radius 3 is 1.58 bits per heavy atom. The number of ether oxygens (including phenoxy) is 4. The predicted molar refractivity (Wildman–Crippen MR) is 387 cm³/mol. The fourth-order valence-electron chi connectivity index (χ4n) is 12.6. The molecule has 12 N–H and O–H groups in total. The number of nitrogen functional groups attached to an aromatic ring is 1. The SMILES string of the molecule is CCCCCCCCCCCCCCCCCCCCCCCCCC(=O)O[C@H](CCCCCCCCCCCCCC)[C@@H](O)[C@H](CO[C@H]1O[C@H](CO)[C@H](O)[C@H](O)[C@H]1O)N(C(=O)OCc1ccc(N)cc1)C(=O)[C@H](CCCNC(N)=O)NC(=O)[C@@H](NC(=O)CCCCCN=[N+]=[N-])C(C)C. The summed E-state index contributed by atoms with van der Waals surface area (Å²) in [6.45, 7) is 5.83. The topological polar surface area (TPSA) is 381 Å². The Kier molecular flexibility index (Phi) is 52.8. The average molecular weight is 1400 g/mol. The number of azide groups is 1. The van der Waals surface area contributed by atoms with Crippen LogP contribution >= 0.6 is 0 Å². The molecule has 0 saturated carbocycles. The van der Waals surface area contributed by atoms with Crippen LogP contribution in [0.1, 0.15) is 309 Å². The van der Waals surface area contributed by atoms with Crippen molar-refractivity contribution in [1.29, 1.82) is 0 Å². The Hall–Kier alpha value is -5.33. The molecule has 1 aliphatic heterocycles. The van der Waals surface area contributed by atoms with Gasteiger partial charge in [0.15, 0.2) is 6.29 Å². The number of amides is 6. The molecule has 24 heteroatoms. The highest BCUT2D eigenvalue weighted by Crippen LogP contribution is 2.28. The third-order valence-electron chi connectivity index (χ3n) is 18.8. The smallest absolute Gasteiger partial charge is 0.417 e. The number of hydrogen-bond acceptors (Lipinski definition) is 17. The molecule has 1 saturated heterocycles. The van der Waals surface area contributed by atoms with Gasteiger partial charge in [-0.15, -0.1) is 0 Å². The van der Waals surface area contributed by atoms with Crippen molar-refractivity contribution in [2.75, 3.05) is 32.0 Å². The molecule has 10 atom stereocenters. The fourth-order valence-corrected chi connectivity index (χ4v) is 12.6. The van der Waals surface area contributed by atoms with Crippen LogP contribution in [-0.4, -0.2) is 154 Å². The Bertz CT molecular complexity index is 2320. The summed E-state index contributed by atoms with van der Waals surface area (Å²) in [5.74, 6) is -3.63. The summed E-state index contributed by atoms with van der Waals surface area (Å²) in [4.78, 5) is 88.2. The summed E-state index contributed by atoms with van der Waals surface area (Å²) in [5, 5.41) is 67.5. The number of primary amides is 1. The molecule has 1 aromatic carbocycles. The van der Waals surface area contributed by atoms with Gasteiger partial charge in [0.25, 0.3) is 5.91 Å². The molecule has 0 spiro atoms. The number of carbonyl (C=O) groups excluding carboxylic acids is 6. The van der Waals surface area contributed by atoms with Crippen LogP contribution in [0.4, 0.5) is 15.3 Å². The monoisotopic (exact) mass is 1400 g/mol. The quantitative estimate of drug-likeness (QED) is 0.00723. The zero-order chi connectivity index (χ0) is 72.7. The summed E-state index contributed by atoms with van der Waals surface area (Å²) < 4.78 is 23.9. The van der Waals surface area contributed by atoms with E-state index in [1.165, 1.54) is 141 Å². The van der Waals surface area contributed by atoms with Crippen LogP contribution in [0.2, 0.25) is 0 Å². The maximum Gasteiger partial charge on any atom is 0.417 e. The van der Waals surface area contributed by atoms with Gasteiger partial charge in [-0.1, -0.05) is 263 Å². The number of carbonyl (C=O) groups is 6. The van der Waals surface area contributed by atoms with Crippen LogP contribution in [0.15, 0.2) is 29.4 Å². The number of benzene rings is 1. The van der Waals surface area contributed by atoms with Gasteiger partial charge in [-0.25, -0.2) is 14.5 Å². The van der Waals surface area contributed by atoms with Crippen LogP contribution in [0.25, 0.3) is 10.4 Å². The first-order valence-electron chi connectivity index (χ1n) is 38.7. The van der Waals surface area contributed by atoms with E-state index in [4.69, 9.17) is 35.9 Å². The van der Waals surface area contributed by atoms with E-state index in [-0.39, 0.29) is 45.2 Å².